The third-order valence-corrected chi connectivity index (χ3v) is 2.23. The summed E-state index contributed by atoms with van der Waals surface area (Å²) >= 11 is 5.94. The third-order valence-electron chi connectivity index (χ3n) is 1.93. The van der Waals surface area contributed by atoms with E-state index in [1.807, 2.05) is 6.92 Å². The molecule has 0 aliphatic carbocycles. The molecule has 1 atom stereocenters. The first kappa shape index (κ1) is 12.0. The van der Waals surface area contributed by atoms with E-state index < -0.39 is 6.04 Å². The van der Waals surface area contributed by atoms with Crippen LogP contribution in [-0.2, 0) is 0 Å². The number of carbonyl (C=O) groups is 1. The molecule has 0 radical (unpaired) electrons. The number of nitrogens with two attached hydrogens (primary N) is 1. The van der Waals surface area contributed by atoms with Gasteiger partial charge >= 0.3 is 0 Å². The van der Waals surface area contributed by atoms with Gasteiger partial charge in [0.05, 0.1) is 17.7 Å². The predicted molar refractivity (Wildman–Crippen MR) is 60.6 cm³/mol. The van der Waals surface area contributed by atoms with E-state index in [0.717, 1.165) is 0 Å². The minimum Gasteiger partial charge on any atom is -0.492 e. The van der Waals surface area contributed by atoms with Gasteiger partial charge < -0.3 is 10.5 Å². The van der Waals surface area contributed by atoms with Crippen molar-refractivity contribution in [2.24, 2.45) is 5.73 Å². The zero-order chi connectivity index (χ0) is 11.4. The van der Waals surface area contributed by atoms with E-state index in [4.69, 9.17) is 22.1 Å². The van der Waals surface area contributed by atoms with E-state index in [1.54, 1.807) is 25.1 Å². The fraction of sp³-hybridized carbons (Fsp3) is 0.364. The number of carbonyl (C=O) groups excluding carboxylic acids is 1. The van der Waals surface area contributed by atoms with Crippen molar-refractivity contribution in [3.05, 3.63) is 28.8 Å². The molecule has 0 fully saturated rings. The van der Waals surface area contributed by atoms with E-state index in [2.05, 4.69) is 0 Å². The SMILES string of the molecule is CCOc1ccc(C(=O)C(C)N)cc1Cl. The van der Waals surface area contributed by atoms with Gasteiger partial charge in [0.25, 0.3) is 0 Å². The van der Waals surface area contributed by atoms with E-state index in [-0.39, 0.29) is 5.78 Å². The molecule has 1 unspecified atom stereocenters. The molecule has 4 heteroatoms. The minimum absolute atomic E-state index is 0.125. The molecule has 0 amide bonds. The Hall–Kier alpha value is -1.06. The number of rotatable bonds is 4. The van der Waals surface area contributed by atoms with Crippen LogP contribution in [0.25, 0.3) is 0 Å². The normalized spacial score (nSPS) is 12.3. The fourth-order valence-electron chi connectivity index (χ4n) is 1.19. The van der Waals surface area contributed by atoms with Gasteiger partial charge in [-0.05, 0) is 32.0 Å². The lowest BCUT2D eigenvalue weighted by Gasteiger charge is -2.08. The van der Waals surface area contributed by atoms with Crippen LogP contribution in [0, 0.1) is 0 Å². The molecule has 0 spiro atoms. The summed E-state index contributed by atoms with van der Waals surface area (Å²) in [5.74, 6) is 0.459. The number of benzene rings is 1. The highest BCUT2D eigenvalue weighted by Crippen LogP contribution is 2.25. The van der Waals surface area contributed by atoms with Crippen LogP contribution >= 0.6 is 11.6 Å². The fourth-order valence-corrected chi connectivity index (χ4v) is 1.42. The van der Waals surface area contributed by atoms with Gasteiger partial charge in [0.15, 0.2) is 5.78 Å². The molecular formula is C11H14ClNO2. The summed E-state index contributed by atoms with van der Waals surface area (Å²) in [5, 5.41) is 0.434. The largest absolute Gasteiger partial charge is 0.492 e. The van der Waals surface area contributed by atoms with Crippen molar-refractivity contribution >= 4 is 17.4 Å². The monoisotopic (exact) mass is 227 g/mol. The van der Waals surface area contributed by atoms with Crippen LogP contribution in [0.2, 0.25) is 5.02 Å². The minimum atomic E-state index is -0.515. The summed E-state index contributed by atoms with van der Waals surface area (Å²) in [6.45, 7) is 4.06. The van der Waals surface area contributed by atoms with Crippen LogP contribution in [0.5, 0.6) is 5.75 Å². The molecule has 1 aromatic rings. The highest BCUT2D eigenvalue weighted by Gasteiger charge is 2.12. The van der Waals surface area contributed by atoms with Crippen molar-refractivity contribution in [1.82, 2.24) is 0 Å². The number of ketones is 1. The van der Waals surface area contributed by atoms with Crippen molar-refractivity contribution in [2.45, 2.75) is 19.9 Å². The number of Topliss-reactive ketones (excluding diaryl/α,β-unsaturated/α-hetero) is 1. The Morgan fingerprint density at radius 2 is 2.27 bits per heavy atom. The van der Waals surface area contributed by atoms with Crippen LogP contribution in [0.1, 0.15) is 24.2 Å². The van der Waals surface area contributed by atoms with E-state index in [0.29, 0.717) is 22.9 Å². The lowest BCUT2D eigenvalue weighted by molar-refractivity contribution is 0.0968. The van der Waals surface area contributed by atoms with E-state index in [1.165, 1.54) is 0 Å². The molecule has 1 aromatic carbocycles. The lowest BCUT2D eigenvalue weighted by atomic mass is 10.1. The second kappa shape index (κ2) is 5.14. The van der Waals surface area contributed by atoms with Crippen LogP contribution < -0.4 is 10.5 Å². The average molecular weight is 228 g/mol. The van der Waals surface area contributed by atoms with Crippen LogP contribution in [0.4, 0.5) is 0 Å². The quantitative estimate of drug-likeness (QED) is 0.803. The highest BCUT2D eigenvalue weighted by atomic mass is 35.5. The summed E-state index contributed by atoms with van der Waals surface area (Å²) in [4.78, 5) is 11.5. The molecule has 0 aromatic heterocycles. The zero-order valence-electron chi connectivity index (χ0n) is 8.79. The van der Waals surface area contributed by atoms with E-state index >= 15 is 0 Å². The molecule has 0 aliphatic rings. The second-order valence-corrected chi connectivity index (χ2v) is 3.64. The van der Waals surface area contributed by atoms with Gasteiger partial charge in [0.2, 0.25) is 0 Å². The van der Waals surface area contributed by atoms with Crippen LogP contribution in [0.15, 0.2) is 18.2 Å². The Bertz CT molecular complexity index is 364. The molecular weight excluding hydrogens is 214 g/mol. The number of hydrogen-bond donors (Lipinski definition) is 1. The maximum Gasteiger partial charge on any atom is 0.179 e. The number of halogens is 1. The van der Waals surface area contributed by atoms with Gasteiger partial charge in [-0.3, -0.25) is 4.79 Å². The van der Waals surface area contributed by atoms with Crippen molar-refractivity contribution in [2.75, 3.05) is 6.61 Å². The molecule has 3 nitrogen and oxygen atoms in total. The van der Waals surface area contributed by atoms with Crippen molar-refractivity contribution < 1.29 is 9.53 Å². The molecule has 0 saturated carbocycles. The topological polar surface area (TPSA) is 52.3 Å². The van der Waals surface area contributed by atoms with E-state index in [9.17, 15) is 4.79 Å². The third kappa shape index (κ3) is 2.94. The molecule has 2 N–H and O–H groups in total. The zero-order valence-corrected chi connectivity index (χ0v) is 9.54. The number of ether oxygens (including phenoxy) is 1. The Morgan fingerprint density at radius 3 is 2.73 bits per heavy atom. The molecule has 82 valence electrons. The van der Waals surface area contributed by atoms with Gasteiger partial charge in [-0.1, -0.05) is 11.6 Å². The maximum atomic E-state index is 11.5. The smallest absolute Gasteiger partial charge is 0.179 e. The Balaban J connectivity index is 2.96. The number of hydrogen-bond acceptors (Lipinski definition) is 3. The summed E-state index contributed by atoms with van der Waals surface area (Å²) in [6.07, 6.45) is 0. The molecule has 0 heterocycles. The molecule has 15 heavy (non-hydrogen) atoms. The Morgan fingerprint density at radius 1 is 1.60 bits per heavy atom. The molecule has 0 bridgehead atoms. The van der Waals surface area contributed by atoms with Gasteiger partial charge in [0.1, 0.15) is 5.75 Å². The molecule has 0 saturated heterocycles. The van der Waals surface area contributed by atoms with Gasteiger partial charge in [0, 0.05) is 5.56 Å². The Labute approximate surface area is 94.2 Å². The van der Waals surface area contributed by atoms with Crippen molar-refractivity contribution in [3.8, 4) is 5.75 Å². The summed E-state index contributed by atoms with van der Waals surface area (Å²) in [6, 6.07) is 4.42. The lowest BCUT2D eigenvalue weighted by Crippen LogP contribution is -2.26. The van der Waals surface area contributed by atoms with Crippen molar-refractivity contribution in [1.29, 1.82) is 0 Å². The highest BCUT2D eigenvalue weighted by molar-refractivity contribution is 6.32. The summed E-state index contributed by atoms with van der Waals surface area (Å²) in [7, 11) is 0. The Kier molecular flexibility index (Phi) is 4.12. The molecule has 0 aliphatic heterocycles. The van der Waals surface area contributed by atoms with Crippen LogP contribution in [0.3, 0.4) is 0 Å². The second-order valence-electron chi connectivity index (χ2n) is 3.23. The average Bonchev–Trinajstić information content (AvgIpc) is 2.20. The summed E-state index contributed by atoms with van der Waals surface area (Å²) in [5.41, 5.74) is 6.00. The van der Waals surface area contributed by atoms with Crippen molar-refractivity contribution in [3.63, 3.8) is 0 Å². The summed E-state index contributed by atoms with van der Waals surface area (Å²) < 4.78 is 5.26. The first-order chi connectivity index (χ1) is 7.06. The standard InChI is InChI=1S/C11H14ClNO2/c1-3-15-10-5-4-8(6-9(10)12)11(14)7(2)13/h4-7H,3,13H2,1-2H3. The van der Waals surface area contributed by atoms with Crippen LogP contribution in [-0.4, -0.2) is 18.4 Å². The molecule has 1 rings (SSSR count). The predicted octanol–water partition coefficient (Wildman–Crippen LogP) is 2.27. The van der Waals surface area contributed by atoms with Gasteiger partial charge in [-0.15, -0.1) is 0 Å². The first-order valence-corrected chi connectivity index (χ1v) is 5.16. The van der Waals surface area contributed by atoms with Gasteiger partial charge in [-0.2, -0.15) is 0 Å². The first-order valence-electron chi connectivity index (χ1n) is 4.78. The van der Waals surface area contributed by atoms with Gasteiger partial charge in [-0.25, -0.2) is 0 Å². The maximum absolute atomic E-state index is 11.5.